The van der Waals surface area contributed by atoms with E-state index in [4.69, 9.17) is 28.9 Å². The zero-order valence-electron chi connectivity index (χ0n) is 7.24. The van der Waals surface area contributed by atoms with Gasteiger partial charge in [-0.05, 0) is 12.1 Å². The fraction of sp³-hybridized carbons (Fsp3) is 0.250. The molecule has 2 nitrogen and oxygen atoms in total. The zero-order chi connectivity index (χ0) is 11.6. The smallest absolute Gasteiger partial charge is 0.404 e. The largest absolute Gasteiger partial charge is 0.573 e. The predicted octanol–water partition coefficient (Wildman–Crippen LogP) is 3.56. The Labute approximate surface area is 93.7 Å². The quantitative estimate of drug-likeness (QED) is 0.651. The topological polar surface area (TPSA) is 35.2 Å². The van der Waals surface area contributed by atoms with Crippen molar-refractivity contribution in [2.24, 2.45) is 0 Å². The molecule has 0 amide bonds. The van der Waals surface area contributed by atoms with Gasteiger partial charge in [-0.2, -0.15) is 0 Å². The number of alkyl halides is 4. The van der Waals surface area contributed by atoms with Gasteiger partial charge in [-0.25, -0.2) is 0 Å². The number of nitrogen functional groups attached to an aromatic ring is 1. The van der Waals surface area contributed by atoms with Crippen molar-refractivity contribution in [1.82, 2.24) is 0 Å². The molecule has 7 heteroatoms. The van der Waals surface area contributed by atoms with Crippen molar-refractivity contribution in [3.63, 3.8) is 0 Å². The fourth-order valence-corrected chi connectivity index (χ4v) is 1.49. The average molecular weight is 260 g/mol. The van der Waals surface area contributed by atoms with Crippen molar-refractivity contribution in [3.8, 4) is 5.75 Å². The summed E-state index contributed by atoms with van der Waals surface area (Å²) in [5, 5.41) is -0.219. The molecule has 2 N–H and O–H groups in total. The molecule has 0 bridgehead atoms. The Bertz CT molecular complexity index is 368. The Balaban J connectivity index is 3.15. The monoisotopic (exact) mass is 259 g/mol. The van der Waals surface area contributed by atoms with Crippen molar-refractivity contribution in [1.29, 1.82) is 0 Å². The highest BCUT2D eigenvalue weighted by atomic mass is 35.5. The summed E-state index contributed by atoms with van der Waals surface area (Å²) in [7, 11) is 0. The summed E-state index contributed by atoms with van der Waals surface area (Å²) in [5.74, 6) is -0.677. The van der Waals surface area contributed by atoms with Gasteiger partial charge in [-0.3, -0.25) is 0 Å². The standard InChI is InChI=1S/C8H6Cl2F3NO/c9-3-4-1-5(14)2-6(10)7(4)15-8(11,12)13/h1-2H,3,14H2. The minimum absolute atomic E-state index is 0.0963. The van der Waals surface area contributed by atoms with Gasteiger partial charge in [0.25, 0.3) is 0 Å². The molecule has 0 aliphatic rings. The second kappa shape index (κ2) is 4.37. The lowest BCUT2D eigenvalue weighted by atomic mass is 10.2. The summed E-state index contributed by atoms with van der Waals surface area (Å²) in [5.41, 5.74) is 5.71. The number of rotatable bonds is 2. The van der Waals surface area contributed by atoms with Gasteiger partial charge in [0.2, 0.25) is 0 Å². The minimum Gasteiger partial charge on any atom is -0.404 e. The molecule has 0 fully saturated rings. The first-order chi connectivity index (χ1) is 6.83. The molecule has 0 saturated carbocycles. The van der Waals surface area contributed by atoms with Gasteiger partial charge in [-0.1, -0.05) is 11.6 Å². The first-order valence-electron chi connectivity index (χ1n) is 3.73. The Kier molecular flexibility index (Phi) is 3.57. The summed E-state index contributed by atoms with van der Waals surface area (Å²) < 4.78 is 39.7. The fourth-order valence-electron chi connectivity index (χ4n) is 1.00. The molecule has 0 atom stereocenters. The number of anilines is 1. The lowest BCUT2D eigenvalue weighted by molar-refractivity contribution is -0.274. The highest BCUT2D eigenvalue weighted by Crippen LogP contribution is 2.36. The molecule has 0 radical (unpaired) electrons. The van der Waals surface area contributed by atoms with Crippen LogP contribution in [0.4, 0.5) is 18.9 Å². The van der Waals surface area contributed by atoms with Crippen LogP contribution in [-0.2, 0) is 5.88 Å². The number of halogens is 5. The first kappa shape index (κ1) is 12.3. The normalized spacial score (nSPS) is 11.5. The van der Waals surface area contributed by atoms with Crippen LogP contribution in [0.3, 0.4) is 0 Å². The van der Waals surface area contributed by atoms with Crippen LogP contribution in [0, 0.1) is 0 Å². The second-order valence-corrected chi connectivity index (χ2v) is 3.35. The van der Waals surface area contributed by atoms with E-state index in [9.17, 15) is 13.2 Å². The third-order valence-electron chi connectivity index (χ3n) is 1.50. The van der Waals surface area contributed by atoms with E-state index in [2.05, 4.69) is 4.74 Å². The number of benzene rings is 1. The molecule has 1 aromatic carbocycles. The van der Waals surface area contributed by atoms with Crippen LogP contribution in [0.1, 0.15) is 5.56 Å². The van der Waals surface area contributed by atoms with E-state index in [-0.39, 0.29) is 22.2 Å². The maximum absolute atomic E-state index is 12.0. The Morgan fingerprint density at radius 3 is 2.40 bits per heavy atom. The molecule has 0 spiro atoms. The first-order valence-corrected chi connectivity index (χ1v) is 4.64. The van der Waals surface area contributed by atoms with E-state index in [0.717, 1.165) is 0 Å². The van der Waals surface area contributed by atoms with Crippen LogP contribution in [0.25, 0.3) is 0 Å². The zero-order valence-corrected chi connectivity index (χ0v) is 8.75. The molecular weight excluding hydrogens is 254 g/mol. The molecule has 0 aromatic heterocycles. The summed E-state index contributed by atoms with van der Waals surface area (Å²) in [6, 6.07) is 2.44. The third kappa shape index (κ3) is 3.35. The molecule has 15 heavy (non-hydrogen) atoms. The molecule has 1 aromatic rings. The highest BCUT2D eigenvalue weighted by molar-refractivity contribution is 6.32. The van der Waals surface area contributed by atoms with Gasteiger partial charge in [0.1, 0.15) is 0 Å². The van der Waals surface area contributed by atoms with Gasteiger partial charge in [0.05, 0.1) is 10.9 Å². The van der Waals surface area contributed by atoms with Crippen molar-refractivity contribution < 1.29 is 17.9 Å². The number of hydrogen-bond acceptors (Lipinski definition) is 2. The molecule has 84 valence electrons. The lowest BCUT2D eigenvalue weighted by Gasteiger charge is -2.14. The van der Waals surface area contributed by atoms with Crippen molar-refractivity contribution in [3.05, 3.63) is 22.7 Å². The molecule has 0 aliphatic carbocycles. The van der Waals surface area contributed by atoms with E-state index in [1.54, 1.807) is 0 Å². The third-order valence-corrected chi connectivity index (χ3v) is 2.07. The number of hydrogen-bond donors (Lipinski definition) is 1. The average Bonchev–Trinajstić information content (AvgIpc) is 2.07. The van der Waals surface area contributed by atoms with E-state index < -0.39 is 12.1 Å². The summed E-state index contributed by atoms with van der Waals surface area (Å²) in [6.45, 7) is 0. The van der Waals surface area contributed by atoms with Gasteiger partial charge >= 0.3 is 6.36 Å². The molecule has 0 saturated heterocycles. The van der Waals surface area contributed by atoms with E-state index in [1.807, 2.05) is 0 Å². The van der Waals surface area contributed by atoms with Crippen LogP contribution >= 0.6 is 23.2 Å². The van der Waals surface area contributed by atoms with Gasteiger partial charge < -0.3 is 10.5 Å². The van der Waals surface area contributed by atoms with Crippen LogP contribution in [0.5, 0.6) is 5.75 Å². The lowest BCUT2D eigenvalue weighted by Crippen LogP contribution is -2.18. The van der Waals surface area contributed by atoms with E-state index in [0.29, 0.717) is 0 Å². The van der Waals surface area contributed by atoms with Gasteiger partial charge in [0, 0.05) is 11.3 Å². The molecule has 0 heterocycles. The van der Waals surface area contributed by atoms with Crippen LogP contribution in [-0.4, -0.2) is 6.36 Å². The Morgan fingerprint density at radius 2 is 1.93 bits per heavy atom. The summed E-state index contributed by atoms with van der Waals surface area (Å²) in [6.07, 6.45) is -4.80. The van der Waals surface area contributed by atoms with Crippen molar-refractivity contribution >= 4 is 28.9 Å². The molecule has 0 aliphatic heterocycles. The van der Waals surface area contributed by atoms with E-state index >= 15 is 0 Å². The Hall–Kier alpha value is -0.810. The highest BCUT2D eigenvalue weighted by Gasteiger charge is 2.33. The van der Waals surface area contributed by atoms with Gasteiger partial charge in [0.15, 0.2) is 5.75 Å². The van der Waals surface area contributed by atoms with E-state index in [1.165, 1.54) is 12.1 Å². The van der Waals surface area contributed by atoms with Crippen LogP contribution < -0.4 is 10.5 Å². The Morgan fingerprint density at radius 1 is 1.33 bits per heavy atom. The summed E-state index contributed by atoms with van der Waals surface area (Å²) >= 11 is 11.0. The number of nitrogens with two attached hydrogens (primary N) is 1. The van der Waals surface area contributed by atoms with Crippen LogP contribution in [0.15, 0.2) is 12.1 Å². The maximum atomic E-state index is 12.0. The maximum Gasteiger partial charge on any atom is 0.573 e. The molecule has 0 unspecified atom stereocenters. The molecular formula is C8H6Cl2F3NO. The minimum atomic E-state index is -4.80. The summed E-state index contributed by atoms with van der Waals surface area (Å²) in [4.78, 5) is 0. The SMILES string of the molecule is Nc1cc(Cl)c(OC(F)(F)F)c(CCl)c1. The number of ether oxygens (including phenoxy) is 1. The molecule has 1 rings (SSSR count). The van der Waals surface area contributed by atoms with Crippen LogP contribution in [0.2, 0.25) is 5.02 Å². The van der Waals surface area contributed by atoms with Gasteiger partial charge in [-0.15, -0.1) is 24.8 Å². The second-order valence-electron chi connectivity index (χ2n) is 2.67. The van der Waals surface area contributed by atoms with Crippen molar-refractivity contribution in [2.45, 2.75) is 12.2 Å². The van der Waals surface area contributed by atoms with Crippen molar-refractivity contribution in [2.75, 3.05) is 5.73 Å². The predicted molar refractivity (Wildman–Crippen MR) is 52.1 cm³/mol.